The van der Waals surface area contributed by atoms with Crippen LogP contribution in [0, 0.1) is 6.92 Å². The second kappa shape index (κ2) is 6.93. The van der Waals surface area contributed by atoms with Crippen molar-refractivity contribution >= 4 is 11.9 Å². The molecule has 1 amide bonds. The van der Waals surface area contributed by atoms with Crippen LogP contribution in [0.4, 0.5) is 0 Å². The molecule has 22 heavy (non-hydrogen) atoms. The Bertz CT molecular complexity index is 675. The van der Waals surface area contributed by atoms with Crippen LogP contribution in [0.25, 0.3) is 0 Å². The van der Waals surface area contributed by atoms with Gasteiger partial charge in [0.25, 0.3) is 0 Å². The van der Waals surface area contributed by atoms with Crippen molar-refractivity contribution in [1.82, 2.24) is 4.90 Å². The highest BCUT2D eigenvalue weighted by Gasteiger charge is 2.14. The van der Waals surface area contributed by atoms with E-state index in [0.29, 0.717) is 18.5 Å². The van der Waals surface area contributed by atoms with E-state index in [1.807, 2.05) is 13.0 Å². The van der Waals surface area contributed by atoms with Crippen LogP contribution in [-0.4, -0.2) is 28.9 Å². The zero-order valence-corrected chi connectivity index (χ0v) is 12.7. The summed E-state index contributed by atoms with van der Waals surface area (Å²) in [5.74, 6) is -0.193. The molecule has 0 unspecified atom stereocenters. The van der Waals surface area contributed by atoms with Crippen LogP contribution in [0.15, 0.2) is 41.0 Å². The topological polar surface area (TPSA) is 70.8 Å². The average molecular weight is 301 g/mol. The molecule has 0 atom stereocenters. The normalized spacial score (nSPS) is 10.5. The first-order valence-corrected chi connectivity index (χ1v) is 7.07. The maximum absolute atomic E-state index is 12.2. The number of carbonyl (C=O) groups is 2. The first-order chi connectivity index (χ1) is 10.5. The monoisotopic (exact) mass is 301 g/mol. The quantitative estimate of drug-likeness (QED) is 0.890. The Morgan fingerprint density at radius 3 is 2.55 bits per heavy atom. The van der Waals surface area contributed by atoms with E-state index < -0.39 is 5.97 Å². The number of carbonyl (C=O) groups excluding carboxylic acids is 1. The molecule has 0 bridgehead atoms. The van der Waals surface area contributed by atoms with E-state index in [9.17, 15) is 9.59 Å². The van der Waals surface area contributed by atoms with Gasteiger partial charge in [-0.05, 0) is 31.0 Å². The van der Waals surface area contributed by atoms with E-state index in [1.54, 1.807) is 42.5 Å². The summed E-state index contributed by atoms with van der Waals surface area (Å²) in [6.07, 6.45) is 2.29. The molecule has 5 nitrogen and oxygen atoms in total. The maximum Gasteiger partial charge on any atom is 0.335 e. The van der Waals surface area contributed by atoms with Gasteiger partial charge in [-0.2, -0.15) is 0 Å². The standard InChI is InChI=1S/C17H19NO4/c1-12-14(9-10-22-12)11-18(2)16(19)8-7-13-5-3-4-6-15(13)17(20)21/h3-6,9-10H,7-8,11H2,1-2H3,(H,20,21). The molecular formula is C17H19NO4. The average Bonchev–Trinajstić information content (AvgIpc) is 2.90. The van der Waals surface area contributed by atoms with Crippen molar-refractivity contribution in [3.8, 4) is 0 Å². The number of aromatic carboxylic acids is 1. The lowest BCUT2D eigenvalue weighted by Gasteiger charge is -2.17. The van der Waals surface area contributed by atoms with Crippen LogP contribution < -0.4 is 0 Å². The van der Waals surface area contributed by atoms with E-state index >= 15 is 0 Å². The molecule has 5 heteroatoms. The van der Waals surface area contributed by atoms with Crippen LogP contribution in [0.3, 0.4) is 0 Å². The van der Waals surface area contributed by atoms with E-state index in [2.05, 4.69) is 0 Å². The minimum atomic E-state index is -0.967. The smallest absolute Gasteiger partial charge is 0.335 e. The van der Waals surface area contributed by atoms with E-state index in [-0.39, 0.29) is 17.9 Å². The fourth-order valence-corrected chi connectivity index (χ4v) is 2.30. The number of aryl methyl sites for hydroxylation is 2. The number of nitrogens with zero attached hydrogens (tertiary/aromatic N) is 1. The first kappa shape index (κ1) is 15.8. The number of carboxylic acids is 1. The molecule has 1 N–H and O–H groups in total. The fourth-order valence-electron chi connectivity index (χ4n) is 2.30. The summed E-state index contributed by atoms with van der Waals surface area (Å²) in [5, 5.41) is 9.14. The Morgan fingerprint density at radius 1 is 1.18 bits per heavy atom. The largest absolute Gasteiger partial charge is 0.478 e. The predicted molar refractivity (Wildman–Crippen MR) is 81.6 cm³/mol. The molecule has 0 spiro atoms. The third kappa shape index (κ3) is 3.75. The molecule has 1 heterocycles. The molecule has 116 valence electrons. The number of carboxylic acid groups (broad SMARTS) is 1. The number of amides is 1. The van der Waals surface area contributed by atoms with Gasteiger partial charge in [-0.25, -0.2) is 4.79 Å². The first-order valence-electron chi connectivity index (χ1n) is 7.07. The predicted octanol–water partition coefficient (Wildman–Crippen LogP) is 2.88. The van der Waals surface area contributed by atoms with Gasteiger partial charge >= 0.3 is 5.97 Å². The van der Waals surface area contributed by atoms with Gasteiger partial charge in [0.1, 0.15) is 5.76 Å². The number of hydrogen-bond donors (Lipinski definition) is 1. The van der Waals surface area contributed by atoms with Crippen molar-refractivity contribution in [2.24, 2.45) is 0 Å². The Balaban J connectivity index is 1.95. The molecule has 0 radical (unpaired) electrons. The molecule has 0 fully saturated rings. The summed E-state index contributed by atoms with van der Waals surface area (Å²) in [6, 6.07) is 8.61. The fraction of sp³-hybridized carbons (Fsp3) is 0.294. The molecule has 1 aromatic heterocycles. The van der Waals surface area contributed by atoms with Crippen molar-refractivity contribution in [2.45, 2.75) is 26.3 Å². The highest BCUT2D eigenvalue weighted by molar-refractivity contribution is 5.89. The molecule has 0 aliphatic heterocycles. The van der Waals surface area contributed by atoms with Crippen LogP contribution >= 0.6 is 0 Å². The van der Waals surface area contributed by atoms with Gasteiger partial charge in [-0.3, -0.25) is 4.79 Å². The van der Waals surface area contributed by atoms with Crippen molar-refractivity contribution < 1.29 is 19.1 Å². The molecule has 0 saturated heterocycles. The molecule has 0 aliphatic carbocycles. The van der Waals surface area contributed by atoms with Crippen molar-refractivity contribution in [3.05, 3.63) is 59.0 Å². The summed E-state index contributed by atoms with van der Waals surface area (Å²) in [7, 11) is 1.73. The molecular weight excluding hydrogens is 282 g/mol. The highest BCUT2D eigenvalue weighted by atomic mass is 16.4. The third-order valence-electron chi connectivity index (χ3n) is 3.66. The minimum absolute atomic E-state index is 0.0270. The van der Waals surface area contributed by atoms with Gasteiger partial charge in [0, 0.05) is 25.6 Å². The minimum Gasteiger partial charge on any atom is -0.478 e. The summed E-state index contributed by atoms with van der Waals surface area (Å²) < 4.78 is 5.21. The second-order valence-electron chi connectivity index (χ2n) is 5.21. The van der Waals surface area contributed by atoms with Crippen molar-refractivity contribution in [3.63, 3.8) is 0 Å². The Hall–Kier alpha value is -2.56. The van der Waals surface area contributed by atoms with Crippen LogP contribution in [-0.2, 0) is 17.8 Å². The second-order valence-corrected chi connectivity index (χ2v) is 5.21. The van der Waals surface area contributed by atoms with Crippen LogP contribution in [0.2, 0.25) is 0 Å². The number of hydrogen-bond acceptors (Lipinski definition) is 3. The number of furan rings is 1. The lowest BCUT2D eigenvalue weighted by molar-refractivity contribution is -0.130. The lowest BCUT2D eigenvalue weighted by Crippen LogP contribution is -2.26. The summed E-state index contributed by atoms with van der Waals surface area (Å²) in [6.45, 7) is 2.35. The van der Waals surface area contributed by atoms with Gasteiger partial charge in [0.15, 0.2) is 0 Å². The van der Waals surface area contributed by atoms with Gasteiger partial charge in [0.05, 0.1) is 11.8 Å². The van der Waals surface area contributed by atoms with E-state index in [1.165, 1.54) is 0 Å². The van der Waals surface area contributed by atoms with Gasteiger partial charge < -0.3 is 14.4 Å². The molecule has 2 aromatic rings. The van der Waals surface area contributed by atoms with Gasteiger partial charge in [-0.15, -0.1) is 0 Å². The van der Waals surface area contributed by atoms with Crippen LogP contribution in [0.5, 0.6) is 0 Å². The number of rotatable bonds is 6. The van der Waals surface area contributed by atoms with Gasteiger partial charge in [0.2, 0.25) is 5.91 Å². The summed E-state index contributed by atoms with van der Waals surface area (Å²) in [4.78, 5) is 25.0. The Kier molecular flexibility index (Phi) is 4.99. The van der Waals surface area contributed by atoms with Crippen molar-refractivity contribution in [1.29, 1.82) is 0 Å². The maximum atomic E-state index is 12.2. The Morgan fingerprint density at radius 2 is 1.91 bits per heavy atom. The van der Waals surface area contributed by atoms with E-state index in [0.717, 1.165) is 11.3 Å². The lowest BCUT2D eigenvalue weighted by atomic mass is 10.0. The van der Waals surface area contributed by atoms with E-state index in [4.69, 9.17) is 9.52 Å². The molecule has 1 aromatic carbocycles. The molecule has 0 aliphatic rings. The zero-order valence-electron chi connectivity index (χ0n) is 12.7. The zero-order chi connectivity index (χ0) is 16.1. The molecule has 2 rings (SSSR count). The van der Waals surface area contributed by atoms with Gasteiger partial charge in [-0.1, -0.05) is 18.2 Å². The summed E-state index contributed by atoms with van der Waals surface area (Å²) in [5.41, 5.74) is 1.90. The van der Waals surface area contributed by atoms with Crippen LogP contribution in [0.1, 0.15) is 33.7 Å². The molecule has 0 saturated carbocycles. The number of benzene rings is 1. The SMILES string of the molecule is Cc1occc1CN(C)C(=O)CCc1ccccc1C(=O)O. The van der Waals surface area contributed by atoms with Crippen molar-refractivity contribution in [2.75, 3.05) is 7.05 Å². The highest BCUT2D eigenvalue weighted by Crippen LogP contribution is 2.14. The Labute approximate surface area is 129 Å². The third-order valence-corrected chi connectivity index (χ3v) is 3.66. The summed E-state index contributed by atoms with van der Waals surface area (Å²) >= 11 is 0.